The van der Waals surface area contributed by atoms with E-state index >= 15 is 0 Å². The second kappa shape index (κ2) is 12.0. The smallest absolute Gasteiger partial charge is 0.306 e. The first kappa shape index (κ1) is 24.9. The molecule has 0 aromatic rings. The molecular weight excluding hydrogens is 420 g/mol. The minimum absolute atomic E-state index is 0.00659. The lowest BCUT2D eigenvalue weighted by atomic mass is 9.90. The predicted molar refractivity (Wildman–Crippen MR) is 125 cm³/mol. The number of carbonyl (C=O) groups excluding carboxylic acids is 1. The van der Waals surface area contributed by atoms with E-state index < -0.39 is 0 Å². The van der Waals surface area contributed by atoms with E-state index in [4.69, 9.17) is 23.7 Å². The third-order valence-electron chi connectivity index (χ3n) is 7.44. The lowest BCUT2D eigenvalue weighted by Gasteiger charge is -2.31. The van der Waals surface area contributed by atoms with Crippen LogP contribution in [0.2, 0.25) is 0 Å². The van der Waals surface area contributed by atoms with Crippen molar-refractivity contribution in [2.75, 3.05) is 13.2 Å². The van der Waals surface area contributed by atoms with E-state index in [0.717, 1.165) is 64.6 Å². The summed E-state index contributed by atoms with van der Waals surface area (Å²) in [5, 5.41) is 0. The number of hydrogen-bond acceptors (Lipinski definition) is 6. The summed E-state index contributed by atoms with van der Waals surface area (Å²) >= 11 is 0. The van der Waals surface area contributed by atoms with E-state index in [1.54, 1.807) is 0 Å². The summed E-state index contributed by atoms with van der Waals surface area (Å²) in [6.07, 6.45) is 14.9. The van der Waals surface area contributed by atoms with Gasteiger partial charge in [0.25, 0.3) is 0 Å². The van der Waals surface area contributed by atoms with Crippen molar-refractivity contribution >= 4 is 5.97 Å². The Morgan fingerprint density at radius 3 is 2.48 bits per heavy atom. The summed E-state index contributed by atoms with van der Waals surface area (Å²) in [5.41, 5.74) is 1.32. The predicted octanol–water partition coefficient (Wildman–Crippen LogP) is 5.31. The molecule has 8 atom stereocenters. The molecule has 3 saturated heterocycles. The number of carbonyl (C=O) groups is 1. The van der Waals surface area contributed by atoms with Crippen LogP contribution in [0.3, 0.4) is 0 Å². The van der Waals surface area contributed by atoms with Gasteiger partial charge in [-0.15, -0.1) is 0 Å². The molecule has 6 heteroatoms. The number of ether oxygens (including phenoxy) is 5. The Balaban J connectivity index is 1.47. The zero-order valence-electron chi connectivity index (χ0n) is 20.6. The van der Waals surface area contributed by atoms with Crippen LogP contribution in [0.25, 0.3) is 0 Å². The van der Waals surface area contributed by atoms with Crippen LogP contribution >= 0.6 is 0 Å². The van der Waals surface area contributed by atoms with Crippen LogP contribution in [-0.2, 0) is 28.5 Å². The van der Waals surface area contributed by atoms with Gasteiger partial charge in [0.05, 0.1) is 18.6 Å². The average Bonchev–Trinajstić information content (AvgIpc) is 3.31. The summed E-state index contributed by atoms with van der Waals surface area (Å²) in [7, 11) is 0. The molecular formula is C27H42O6. The van der Waals surface area contributed by atoms with E-state index in [9.17, 15) is 4.79 Å². The Kier molecular flexibility index (Phi) is 9.03. The second-order valence-corrected chi connectivity index (χ2v) is 10.5. The highest BCUT2D eigenvalue weighted by molar-refractivity contribution is 5.72. The van der Waals surface area contributed by atoms with Gasteiger partial charge >= 0.3 is 5.97 Å². The van der Waals surface area contributed by atoms with Gasteiger partial charge in [0.1, 0.15) is 6.10 Å². The van der Waals surface area contributed by atoms with Crippen LogP contribution in [0.15, 0.2) is 23.8 Å². The largest absolute Gasteiger partial charge is 0.462 e. The topological polar surface area (TPSA) is 63.2 Å². The molecule has 1 saturated carbocycles. The Hall–Kier alpha value is -1.21. The van der Waals surface area contributed by atoms with Crippen LogP contribution < -0.4 is 0 Å². The molecule has 186 valence electrons. The molecule has 0 N–H and O–H groups in total. The maximum atomic E-state index is 12.0. The molecule has 4 fully saturated rings. The van der Waals surface area contributed by atoms with Crippen molar-refractivity contribution in [2.45, 2.75) is 109 Å². The zero-order valence-corrected chi connectivity index (χ0v) is 20.6. The normalized spacial score (nSPS) is 36.4. The van der Waals surface area contributed by atoms with E-state index in [-0.39, 0.29) is 48.7 Å². The highest BCUT2D eigenvalue weighted by atomic mass is 16.7. The summed E-state index contributed by atoms with van der Waals surface area (Å²) < 4.78 is 30.2. The van der Waals surface area contributed by atoms with Crippen LogP contribution in [0.4, 0.5) is 0 Å². The number of hydrogen-bond donors (Lipinski definition) is 0. The maximum absolute atomic E-state index is 12.0. The molecule has 3 heterocycles. The van der Waals surface area contributed by atoms with Gasteiger partial charge in [0.2, 0.25) is 0 Å². The van der Waals surface area contributed by atoms with Crippen molar-refractivity contribution in [2.24, 2.45) is 17.8 Å². The van der Waals surface area contributed by atoms with Crippen LogP contribution in [0.5, 0.6) is 0 Å². The first-order valence-corrected chi connectivity index (χ1v) is 13.0. The minimum Gasteiger partial charge on any atom is -0.462 e. The molecule has 4 rings (SSSR count). The third kappa shape index (κ3) is 6.91. The van der Waals surface area contributed by atoms with E-state index in [1.807, 2.05) is 0 Å². The molecule has 0 radical (unpaired) electrons. The minimum atomic E-state index is -0.145. The van der Waals surface area contributed by atoms with Crippen molar-refractivity contribution in [3.05, 3.63) is 23.8 Å². The first-order chi connectivity index (χ1) is 16.0. The van der Waals surface area contributed by atoms with Gasteiger partial charge < -0.3 is 23.7 Å². The summed E-state index contributed by atoms with van der Waals surface area (Å²) in [4.78, 5) is 12.0. The molecule has 0 aromatic heterocycles. The van der Waals surface area contributed by atoms with Gasteiger partial charge in [-0.2, -0.15) is 0 Å². The maximum Gasteiger partial charge on any atom is 0.306 e. The highest BCUT2D eigenvalue weighted by Crippen LogP contribution is 2.44. The SMILES string of the molecule is CC(C)=CCC(C)[C@H](C=C[C@@H]1[C@H]2CC(=O)O[C@H]2C[C@H]1OC1CCCCO1)OC1CCCCO1. The van der Waals surface area contributed by atoms with Gasteiger partial charge in [0.15, 0.2) is 12.6 Å². The number of allylic oxidation sites excluding steroid dienone is 2. The summed E-state index contributed by atoms with van der Waals surface area (Å²) in [6.45, 7) is 8.04. The third-order valence-corrected chi connectivity index (χ3v) is 7.44. The number of fused-ring (bicyclic) bond motifs is 1. The lowest BCUT2D eigenvalue weighted by molar-refractivity contribution is -0.194. The van der Waals surface area contributed by atoms with Gasteiger partial charge in [-0.1, -0.05) is 30.7 Å². The van der Waals surface area contributed by atoms with E-state index in [1.165, 1.54) is 5.57 Å². The molecule has 0 aromatic carbocycles. The molecule has 0 spiro atoms. The molecule has 6 nitrogen and oxygen atoms in total. The molecule has 3 aliphatic heterocycles. The van der Waals surface area contributed by atoms with Crippen molar-refractivity contribution in [1.82, 2.24) is 0 Å². The van der Waals surface area contributed by atoms with Gasteiger partial charge in [-0.05, 0) is 64.7 Å². The molecule has 4 aliphatic rings. The lowest BCUT2D eigenvalue weighted by Crippen LogP contribution is -2.32. The average molecular weight is 463 g/mol. The van der Waals surface area contributed by atoms with Gasteiger partial charge in [-0.3, -0.25) is 4.79 Å². The van der Waals surface area contributed by atoms with Gasteiger partial charge in [-0.25, -0.2) is 0 Å². The van der Waals surface area contributed by atoms with Crippen LogP contribution in [0.1, 0.15) is 78.6 Å². The number of rotatable bonds is 9. The Bertz CT molecular complexity index is 687. The quantitative estimate of drug-likeness (QED) is 0.342. The fourth-order valence-electron chi connectivity index (χ4n) is 5.48. The Labute approximate surface area is 199 Å². The Morgan fingerprint density at radius 1 is 1.09 bits per heavy atom. The molecule has 0 amide bonds. The standard InChI is InChI=1S/C27H42O6/c1-18(2)10-11-19(3)22(32-26-8-4-6-14-29-26)13-12-20-21-16-25(28)31-24(21)17-23(20)33-27-9-5-7-15-30-27/h10,12-13,19-24,26-27H,4-9,11,14-17H2,1-3H3/t19?,20-,21-,22+,23-,24+,26?,27?/m1/s1. The van der Waals surface area contributed by atoms with Crippen molar-refractivity contribution < 1.29 is 28.5 Å². The molecule has 0 bridgehead atoms. The fourth-order valence-corrected chi connectivity index (χ4v) is 5.48. The molecule has 1 aliphatic carbocycles. The molecule has 3 unspecified atom stereocenters. The summed E-state index contributed by atoms with van der Waals surface area (Å²) in [5.74, 6) is 0.528. The summed E-state index contributed by atoms with van der Waals surface area (Å²) in [6, 6.07) is 0. The monoisotopic (exact) mass is 462 g/mol. The highest BCUT2D eigenvalue weighted by Gasteiger charge is 2.50. The fraction of sp³-hybridized carbons (Fsp3) is 0.815. The van der Waals surface area contributed by atoms with Crippen molar-refractivity contribution in [1.29, 1.82) is 0 Å². The van der Waals surface area contributed by atoms with Crippen LogP contribution in [-0.4, -0.2) is 50.1 Å². The van der Waals surface area contributed by atoms with Crippen molar-refractivity contribution in [3.8, 4) is 0 Å². The van der Waals surface area contributed by atoms with Crippen molar-refractivity contribution in [3.63, 3.8) is 0 Å². The second-order valence-electron chi connectivity index (χ2n) is 10.5. The zero-order chi connectivity index (χ0) is 23.2. The Morgan fingerprint density at radius 2 is 1.82 bits per heavy atom. The van der Waals surface area contributed by atoms with Crippen LogP contribution in [0, 0.1) is 17.8 Å². The van der Waals surface area contributed by atoms with E-state index in [0.29, 0.717) is 12.3 Å². The number of esters is 1. The molecule has 33 heavy (non-hydrogen) atoms. The van der Waals surface area contributed by atoms with Gasteiger partial charge in [0, 0.05) is 31.5 Å². The van der Waals surface area contributed by atoms with E-state index in [2.05, 4.69) is 39.0 Å². The first-order valence-electron chi connectivity index (χ1n) is 13.0.